The largest absolute Gasteiger partial charge is 0.339 e. The van der Waals surface area contributed by atoms with Gasteiger partial charge in [-0.2, -0.15) is 5.26 Å². The van der Waals surface area contributed by atoms with E-state index in [4.69, 9.17) is 0 Å². The van der Waals surface area contributed by atoms with Crippen LogP contribution in [0.1, 0.15) is 32.6 Å². The first-order valence-electron chi connectivity index (χ1n) is 7.30. The van der Waals surface area contributed by atoms with E-state index < -0.39 is 0 Å². The fourth-order valence-corrected chi connectivity index (χ4v) is 4.08. The lowest BCUT2D eigenvalue weighted by Crippen LogP contribution is -2.53. The predicted octanol–water partition coefficient (Wildman–Crippen LogP) is 1.72. The zero-order valence-electron chi connectivity index (χ0n) is 11.7. The summed E-state index contributed by atoms with van der Waals surface area (Å²) in [6, 6.07) is 2.42. The minimum atomic E-state index is 0.0307. The molecule has 0 spiro atoms. The molecule has 0 N–H and O–H groups in total. The second-order valence-electron chi connectivity index (χ2n) is 5.30. The average molecular weight is 281 g/mol. The number of carbonyl (C=O) groups excluding carboxylic acids is 1. The summed E-state index contributed by atoms with van der Waals surface area (Å²) in [5.74, 6) is 1.45. The van der Waals surface area contributed by atoms with Crippen LogP contribution in [0, 0.1) is 11.3 Å². The molecule has 5 heteroatoms. The predicted molar refractivity (Wildman–Crippen MR) is 77.9 cm³/mol. The maximum atomic E-state index is 12.3. The van der Waals surface area contributed by atoms with Crippen LogP contribution in [0.5, 0.6) is 0 Å². The van der Waals surface area contributed by atoms with Crippen molar-refractivity contribution in [1.82, 2.24) is 9.80 Å². The number of hydrogen-bond acceptors (Lipinski definition) is 4. The van der Waals surface area contributed by atoms with Crippen LogP contribution >= 0.6 is 11.8 Å². The molecule has 2 atom stereocenters. The maximum absolute atomic E-state index is 12.3. The Morgan fingerprint density at radius 1 is 1.42 bits per heavy atom. The molecule has 0 aliphatic carbocycles. The van der Waals surface area contributed by atoms with Crippen LogP contribution < -0.4 is 0 Å². The highest BCUT2D eigenvalue weighted by Crippen LogP contribution is 2.28. The van der Waals surface area contributed by atoms with Gasteiger partial charge in [0.25, 0.3) is 0 Å². The van der Waals surface area contributed by atoms with Crippen LogP contribution in [-0.4, -0.2) is 58.9 Å². The summed E-state index contributed by atoms with van der Waals surface area (Å²) in [5, 5.41) is 9.38. The Bertz CT molecular complexity index is 341. The zero-order chi connectivity index (χ0) is 13.7. The van der Waals surface area contributed by atoms with Gasteiger partial charge in [0, 0.05) is 26.2 Å². The van der Waals surface area contributed by atoms with E-state index in [2.05, 4.69) is 17.9 Å². The van der Waals surface area contributed by atoms with Crippen LogP contribution in [0.3, 0.4) is 0 Å². The number of nitriles is 1. The van der Waals surface area contributed by atoms with Crippen molar-refractivity contribution in [3.63, 3.8) is 0 Å². The highest BCUT2D eigenvalue weighted by molar-refractivity contribution is 8.00. The molecule has 0 aromatic heterocycles. The van der Waals surface area contributed by atoms with Crippen molar-refractivity contribution in [3.05, 3.63) is 0 Å². The lowest BCUT2D eigenvalue weighted by Gasteiger charge is -2.37. The van der Waals surface area contributed by atoms with Crippen LogP contribution in [0.2, 0.25) is 0 Å². The smallest absolute Gasteiger partial charge is 0.235 e. The molecule has 0 bridgehead atoms. The molecule has 19 heavy (non-hydrogen) atoms. The van der Waals surface area contributed by atoms with Gasteiger partial charge in [0.15, 0.2) is 0 Å². The molecule has 2 aliphatic rings. The average Bonchev–Trinajstić information content (AvgIpc) is 2.98. The van der Waals surface area contributed by atoms with E-state index in [1.807, 2.05) is 4.90 Å². The van der Waals surface area contributed by atoms with Gasteiger partial charge in [-0.3, -0.25) is 9.69 Å². The Balaban J connectivity index is 1.81. The summed E-state index contributed by atoms with van der Waals surface area (Å²) in [6.07, 6.45) is 4.19. The third-order valence-electron chi connectivity index (χ3n) is 3.98. The number of thioether (sulfide) groups is 1. The standard InChI is InChI=1S/C14H23N3OS/c1-2-4-12(11-15)16-6-8-17(9-7-16)14(18)13-5-3-10-19-13/h12-13H,2-10H2,1H3. The van der Waals surface area contributed by atoms with Gasteiger partial charge in [0.05, 0.1) is 17.4 Å². The SMILES string of the molecule is CCCC(C#N)N1CCN(C(=O)C2CCCS2)CC1. The summed E-state index contributed by atoms with van der Waals surface area (Å²) in [5.41, 5.74) is 0. The normalized spacial score (nSPS) is 26.1. The van der Waals surface area contributed by atoms with Gasteiger partial charge in [-0.15, -0.1) is 11.8 Å². The highest BCUT2D eigenvalue weighted by Gasteiger charge is 2.31. The second-order valence-corrected chi connectivity index (χ2v) is 6.61. The lowest BCUT2D eigenvalue weighted by molar-refractivity contribution is -0.132. The van der Waals surface area contributed by atoms with Crippen molar-refractivity contribution in [2.75, 3.05) is 31.9 Å². The molecule has 2 fully saturated rings. The summed E-state index contributed by atoms with van der Waals surface area (Å²) in [7, 11) is 0. The van der Waals surface area contributed by atoms with Crippen molar-refractivity contribution >= 4 is 17.7 Å². The maximum Gasteiger partial charge on any atom is 0.235 e. The number of rotatable bonds is 4. The van der Waals surface area contributed by atoms with Gasteiger partial charge in [-0.1, -0.05) is 13.3 Å². The van der Waals surface area contributed by atoms with E-state index >= 15 is 0 Å². The number of carbonyl (C=O) groups is 1. The van der Waals surface area contributed by atoms with Crippen molar-refractivity contribution in [2.24, 2.45) is 0 Å². The van der Waals surface area contributed by atoms with Crippen LogP contribution in [-0.2, 0) is 4.79 Å². The van der Waals surface area contributed by atoms with Crippen molar-refractivity contribution in [1.29, 1.82) is 5.26 Å². The fraction of sp³-hybridized carbons (Fsp3) is 0.857. The van der Waals surface area contributed by atoms with Gasteiger partial charge in [-0.05, 0) is 25.0 Å². The number of nitrogens with zero attached hydrogens (tertiary/aromatic N) is 3. The molecule has 0 saturated carbocycles. The van der Waals surface area contributed by atoms with E-state index in [0.29, 0.717) is 5.91 Å². The van der Waals surface area contributed by atoms with Crippen molar-refractivity contribution in [2.45, 2.75) is 43.9 Å². The molecule has 2 unspecified atom stereocenters. The fourth-order valence-electron chi connectivity index (χ4n) is 2.83. The Labute approximate surface area is 120 Å². The molecular formula is C14H23N3OS. The first-order valence-corrected chi connectivity index (χ1v) is 8.35. The Kier molecular flexibility index (Phi) is 5.53. The van der Waals surface area contributed by atoms with E-state index in [9.17, 15) is 10.1 Å². The number of piperazine rings is 1. The number of hydrogen-bond donors (Lipinski definition) is 0. The second kappa shape index (κ2) is 7.16. The number of amides is 1. The molecule has 1 amide bonds. The van der Waals surface area contributed by atoms with Crippen molar-refractivity contribution in [3.8, 4) is 6.07 Å². The highest BCUT2D eigenvalue weighted by atomic mass is 32.2. The van der Waals surface area contributed by atoms with Crippen LogP contribution in [0.25, 0.3) is 0 Å². The molecule has 0 aromatic carbocycles. The molecule has 2 saturated heterocycles. The van der Waals surface area contributed by atoms with Crippen molar-refractivity contribution < 1.29 is 4.79 Å². The first kappa shape index (κ1) is 14.7. The monoisotopic (exact) mass is 281 g/mol. The topological polar surface area (TPSA) is 47.3 Å². The van der Waals surface area contributed by atoms with Crippen LogP contribution in [0.4, 0.5) is 0 Å². The van der Waals surface area contributed by atoms with Crippen LogP contribution in [0.15, 0.2) is 0 Å². The third kappa shape index (κ3) is 3.64. The molecular weight excluding hydrogens is 258 g/mol. The van der Waals surface area contributed by atoms with E-state index in [1.54, 1.807) is 11.8 Å². The molecule has 106 valence electrons. The summed E-state index contributed by atoms with van der Waals surface area (Å²) >= 11 is 1.81. The lowest BCUT2D eigenvalue weighted by atomic mass is 10.1. The van der Waals surface area contributed by atoms with Gasteiger partial charge in [0.2, 0.25) is 5.91 Å². The van der Waals surface area contributed by atoms with E-state index in [-0.39, 0.29) is 11.3 Å². The first-order chi connectivity index (χ1) is 9.26. The molecule has 4 nitrogen and oxygen atoms in total. The van der Waals surface area contributed by atoms with Gasteiger partial charge in [0.1, 0.15) is 0 Å². The quantitative estimate of drug-likeness (QED) is 0.787. The van der Waals surface area contributed by atoms with E-state index in [1.165, 1.54) is 6.42 Å². The Morgan fingerprint density at radius 2 is 2.16 bits per heavy atom. The summed E-state index contributed by atoms with van der Waals surface area (Å²) in [6.45, 7) is 5.39. The third-order valence-corrected chi connectivity index (χ3v) is 5.35. The van der Waals surface area contributed by atoms with E-state index in [0.717, 1.165) is 51.2 Å². The zero-order valence-corrected chi connectivity index (χ0v) is 12.5. The van der Waals surface area contributed by atoms with Gasteiger partial charge in [-0.25, -0.2) is 0 Å². The minimum Gasteiger partial charge on any atom is -0.339 e. The minimum absolute atomic E-state index is 0.0307. The Hall–Kier alpha value is -0.730. The summed E-state index contributed by atoms with van der Waals surface area (Å²) < 4.78 is 0. The molecule has 0 aromatic rings. The molecule has 2 rings (SSSR count). The molecule has 0 radical (unpaired) electrons. The van der Waals surface area contributed by atoms with Gasteiger partial charge >= 0.3 is 0 Å². The molecule has 2 heterocycles. The van der Waals surface area contributed by atoms with Gasteiger partial charge < -0.3 is 4.90 Å². The molecule has 2 aliphatic heterocycles. The summed E-state index contributed by atoms with van der Waals surface area (Å²) in [4.78, 5) is 16.5. The Morgan fingerprint density at radius 3 is 2.68 bits per heavy atom.